The normalized spacial score (nSPS) is 11.4. The molecule has 8 heteroatoms. The first-order chi connectivity index (χ1) is 9.77. The molecule has 21 heavy (non-hydrogen) atoms. The molecule has 2 rings (SSSR count). The maximum Gasteiger partial charge on any atom is 0.241 e. The average Bonchev–Trinajstić information content (AvgIpc) is 2.38. The number of aryl methyl sites for hydroxylation is 1. The zero-order chi connectivity index (χ0) is 15.6. The van der Waals surface area contributed by atoms with Gasteiger partial charge in [0.1, 0.15) is 17.3 Å². The molecular formula is C13H12Br2N2O3S. The van der Waals surface area contributed by atoms with Crippen LogP contribution in [0.15, 0.2) is 44.3 Å². The zero-order valence-electron chi connectivity index (χ0n) is 11.0. The van der Waals surface area contributed by atoms with Crippen molar-refractivity contribution in [3.8, 4) is 5.75 Å². The highest BCUT2D eigenvalue weighted by atomic mass is 79.9. The molecule has 0 bridgehead atoms. The summed E-state index contributed by atoms with van der Waals surface area (Å²) in [6, 6.07) is 6.81. The highest BCUT2D eigenvalue weighted by Gasteiger charge is 2.18. The fraction of sp³-hybridized carbons (Fsp3) is 0.154. The number of nitrogens with zero attached hydrogens (tertiary/aromatic N) is 1. The molecule has 0 unspecified atom stereocenters. The van der Waals surface area contributed by atoms with Crippen LogP contribution in [0.2, 0.25) is 0 Å². The molecule has 1 heterocycles. The Morgan fingerprint density at radius 3 is 2.52 bits per heavy atom. The summed E-state index contributed by atoms with van der Waals surface area (Å²) in [7, 11) is -3.87. The van der Waals surface area contributed by atoms with Gasteiger partial charge in [-0.25, -0.2) is 13.6 Å². The molecule has 112 valence electrons. The molecule has 0 aliphatic rings. The molecule has 0 radical (unpaired) electrons. The molecular weight excluding hydrogens is 424 g/mol. The average molecular weight is 436 g/mol. The smallest absolute Gasteiger partial charge is 0.241 e. The first-order valence-electron chi connectivity index (χ1n) is 5.83. The maximum absolute atomic E-state index is 11.7. The number of ether oxygens (including phenoxy) is 1. The van der Waals surface area contributed by atoms with Crippen molar-refractivity contribution in [1.82, 2.24) is 4.98 Å². The number of benzene rings is 1. The lowest BCUT2D eigenvalue weighted by atomic mass is 10.2. The van der Waals surface area contributed by atoms with Crippen LogP contribution in [0.1, 0.15) is 11.3 Å². The molecule has 0 fully saturated rings. The van der Waals surface area contributed by atoms with Gasteiger partial charge in [0.2, 0.25) is 10.0 Å². The molecule has 5 nitrogen and oxygen atoms in total. The Hall–Kier alpha value is -0.960. The first kappa shape index (κ1) is 16.4. The van der Waals surface area contributed by atoms with E-state index in [9.17, 15) is 8.42 Å². The second-order valence-electron chi connectivity index (χ2n) is 4.35. The number of hydrogen-bond acceptors (Lipinski definition) is 4. The minimum absolute atomic E-state index is 0.0495. The number of hydrogen-bond donors (Lipinski definition) is 1. The van der Waals surface area contributed by atoms with E-state index in [2.05, 4.69) is 36.8 Å². The SMILES string of the molecule is Cc1cc(Br)cc(S(N)(=O)=O)c1OCc1ccc(Br)cn1. The lowest BCUT2D eigenvalue weighted by Crippen LogP contribution is -2.15. The van der Waals surface area contributed by atoms with E-state index < -0.39 is 10.0 Å². The molecule has 0 saturated heterocycles. The van der Waals surface area contributed by atoms with Gasteiger partial charge in [-0.2, -0.15) is 0 Å². The van der Waals surface area contributed by atoms with Crippen molar-refractivity contribution >= 4 is 41.9 Å². The van der Waals surface area contributed by atoms with Crippen LogP contribution >= 0.6 is 31.9 Å². The summed E-state index contributed by atoms with van der Waals surface area (Å²) < 4.78 is 30.4. The number of halogens is 2. The lowest BCUT2D eigenvalue weighted by molar-refractivity contribution is 0.291. The van der Waals surface area contributed by atoms with E-state index in [0.717, 1.165) is 4.47 Å². The molecule has 0 atom stereocenters. The van der Waals surface area contributed by atoms with E-state index in [1.165, 1.54) is 6.07 Å². The molecule has 0 amide bonds. The van der Waals surface area contributed by atoms with Crippen molar-refractivity contribution in [3.63, 3.8) is 0 Å². The monoisotopic (exact) mass is 434 g/mol. The topological polar surface area (TPSA) is 82.3 Å². The van der Waals surface area contributed by atoms with Crippen LogP contribution < -0.4 is 9.88 Å². The summed E-state index contributed by atoms with van der Waals surface area (Å²) in [5.41, 5.74) is 1.35. The predicted octanol–water partition coefficient (Wildman–Crippen LogP) is 3.14. The van der Waals surface area contributed by atoms with E-state index in [-0.39, 0.29) is 17.3 Å². The summed E-state index contributed by atoms with van der Waals surface area (Å²) in [6.07, 6.45) is 1.65. The van der Waals surface area contributed by atoms with Gasteiger partial charge in [-0.05, 0) is 52.7 Å². The van der Waals surface area contributed by atoms with Crippen LogP contribution in [0.4, 0.5) is 0 Å². The van der Waals surface area contributed by atoms with Gasteiger partial charge in [-0.1, -0.05) is 15.9 Å². The molecule has 2 aromatic rings. The van der Waals surface area contributed by atoms with Crippen molar-refractivity contribution in [2.24, 2.45) is 5.14 Å². The highest BCUT2D eigenvalue weighted by Crippen LogP contribution is 2.31. The van der Waals surface area contributed by atoms with Crippen molar-refractivity contribution in [2.45, 2.75) is 18.4 Å². The van der Waals surface area contributed by atoms with Crippen molar-refractivity contribution in [3.05, 3.63) is 50.7 Å². The summed E-state index contributed by atoms with van der Waals surface area (Å²) in [5.74, 6) is 0.241. The van der Waals surface area contributed by atoms with Crippen molar-refractivity contribution < 1.29 is 13.2 Å². The third kappa shape index (κ3) is 4.26. The van der Waals surface area contributed by atoms with Crippen LogP contribution in [0.25, 0.3) is 0 Å². The highest BCUT2D eigenvalue weighted by molar-refractivity contribution is 9.10. The summed E-state index contributed by atoms with van der Waals surface area (Å²) in [6.45, 7) is 1.90. The van der Waals surface area contributed by atoms with E-state index in [0.29, 0.717) is 15.7 Å². The standard InChI is InChI=1S/C13H12Br2N2O3S/c1-8-4-10(15)5-12(21(16,18)19)13(8)20-7-11-3-2-9(14)6-17-11/h2-6H,7H2,1H3,(H2,16,18,19). The number of rotatable bonds is 4. The Kier molecular flexibility index (Phi) is 5.03. The van der Waals surface area contributed by atoms with E-state index in [1.54, 1.807) is 25.3 Å². The van der Waals surface area contributed by atoms with Crippen LogP contribution in [-0.4, -0.2) is 13.4 Å². The van der Waals surface area contributed by atoms with Crippen LogP contribution in [0.5, 0.6) is 5.75 Å². The Morgan fingerprint density at radius 2 is 1.95 bits per heavy atom. The summed E-state index contributed by atoms with van der Waals surface area (Å²) in [4.78, 5) is 4.12. The maximum atomic E-state index is 11.7. The second-order valence-corrected chi connectivity index (χ2v) is 7.71. The molecule has 0 aliphatic carbocycles. The summed E-state index contributed by atoms with van der Waals surface area (Å²) >= 11 is 6.54. The molecule has 1 aromatic carbocycles. The molecule has 0 spiro atoms. The predicted molar refractivity (Wildman–Crippen MR) is 86.5 cm³/mol. The number of aromatic nitrogens is 1. The van der Waals surface area contributed by atoms with Crippen LogP contribution in [0.3, 0.4) is 0 Å². The minimum Gasteiger partial charge on any atom is -0.486 e. The van der Waals surface area contributed by atoms with E-state index in [4.69, 9.17) is 9.88 Å². The van der Waals surface area contributed by atoms with Gasteiger partial charge < -0.3 is 4.74 Å². The minimum atomic E-state index is -3.87. The zero-order valence-corrected chi connectivity index (χ0v) is 15.0. The van der Waals surface area contributed by atoms with Crippen LogP contribution in [0, 0.1) is 6.92 Å². The third-order valence-corrected chi connectivity index (χ3v) is 4.51. The van der Waals surface area contributed by atoms with Crippen molar-refractivity contribution in [2.75, 3.05) is 0 Å². The molecule has 1 aromatic heterocycles. The van der Waals surface area contributed by atoms with Gasteiger partial charge in [0, 0.05) is 15.1 Å². The largest absolute Gasteiger partial charge is 0.486 e. The number of nitrogens with two attached hydrogens (primary N) is 1. The lowest BCUT2D eigenvalue weighted by Gasteiger charge is -2.13. The van der Waals surface area contributed by atoms with E-state index >= 15 is 0 Å². The van der Waals surface area contributed by atoms with Gasteiger partial charge >= 0.3 is 0 Å². The fourth-order valence-corrected chi connectivity index (χ4v) is 3.46. The van der Waals surface area contributed by atoms with Gasteiger partial charge in [0.15, 0.2) is 0 Å². The van der Waals surface area contributed by atoms with Crippen molar-refractivity contribution in [1.29, 1.82) is 0 Å². The Labute approximate surface area is 139 Å². The Bertz CT molecular complexity index is 762. The number of primary sulfonamides is 1. The third-order valence-electron chi connectivity index (χ3n) is 2.66. The molecule has 0 aliphatic heterocycles. The second kappa shape index (κ2) is 6.43. The molecule has 0 saturated carbocycles. The number of sulfonamides is 1. The Balaban J connectivity index is 2.33. The van der Waals surface area contributed by atoms with Gasteiger partial charge in [-0.15, -0.1) is 0 Å². The summed E-state index contributed by atoms with van der Waals surface area (Å²) in [5, 5.41) is 5.23. The van der Waals surface area contributed by atoms with Gasteiger partial charge in [0.25, 0.3) is 0 Å². The van der Waals surface area contributed by atoms with Crippen LogP contribution in [-0.2, 0) is 16.6 Å². The molecule has 2 N–H and O–H groups in total. The quantitative estimate of drug-likeness (QED) is 0.799. The fourth-order valence-electron chi connectivity index (χ4n) is 1.73. The number of pyridine rings is 1. The van der Waals surface area contributed by atoms with Gasteiger partial charge in [0.05, 0.1) is 5.69 Å². The first-order valence-corrected chi connectivity index (χ1v) is 8.97. The van der Waals surface area contributed by atoms with Gasteiger partial charge in [-0.3, -0.25) is 4.98 Å². The Morgan fingerprint density at radius 1 is 1.24 bits per heavy atom. The van der Waals surface area contributed by atoms with E-state index in [1.807, 2.05) is 6.07 Å².